The second-order valence-corrected chi connectivity index (χ2v) is 4.85. The molecule has 0 saturated carbocycles. The first-order chi connectivity index (χ1) is 8.38. The number of benzene rings is 1. The van der Waals surface area contributed by atoms with E-state index < -0.39 is 0 Å². The van der Waals surface area contributed by atoms with Crippen LogP contribution in [-0.2, 0) is 0 Å². The highest BCUT2D eigenvalue weighted by Crippen LogP contribution is 2.19. The number of likely N-dealkylation sites (tertiary alicyclic amines) is 1. The normalized spacial score (nSPS) is 18.2. The first-order valence-electron chi connectivity index (χ1n) is 6.78. The fourth-order valence-corrected chi connectivity index (χ4v) is 2.43. The molecule has 1 aromatic carbocycles. The van der Waals surface area contributed by atoms with Crippen LogP contribution >= 0.6 is 0 Å². The molecule has 17 heavy (non-hydrogen) atoms. The van der Waals surface area contributed by atoms with Crippen molar-refractivity contribution in [1.82, 2.24) is 4.90 Å². The lowest BCUT2D eigenvalue weighted by molar-refractivity contribution is 0.153. The van der Waals surface area contributed by atoms with Crippen molar-refractivity contribution >= 4 is 0 Å². The van der Waals surface area contributed by atoms with Crippen LogP contribution in [0.4, 0.5) is 0 Å². The summed E-state index contributed by atoms with van der Waals surface area (Å²) in [5.74, 6) is 1.94. The average molecular weight is 233 g/mol. The van der Waals surface area contributed by atoms with Gasteiger partial charge in [-0.3, -0.25) is 4.90 Å². The van der Waals surface area contributed by atoms with Crippen molar-refractivity contribution in [1.29, 1.82) is 0 Å². The molecule has 1 aromatic rings. The molecule has 2 rings (SSSR count). The molecule has 0 spiro atoms. The summed E-state index contributed by atoms with van der Waals surface area (Å²) < 4.78 is 5.72. The Hall–Kier alpha value is -1.02. The maximum Gasteiger partial charge on any atom is 0.119 e. The summed E-state index contributed by atoms with van der Waals surface area (Å²) in [6, 6.07) is 10.1. The Labute approximate surface area is 105 Å². The average Bonchev–Trinajstić information content (AvgIpc) is 2.41. The van der Waals surface area contributed by atoms with Crippen LogP contribution in [0.1, 0.15) is 26.2 Å². The third-order valence-electron chi connectivity index (χ3n) is 3.70. The maximum absolute atomic E-state index is 5.72. The minimum Gasteiger partial charge on any atom is -0.492 e. The molecule has 2 heteroatoms. The Morgan fingerprint density at radius 2 is 1.88 bits per heavy atom. The van der Waals surface area contributed by atoms with Gasteiger partial charge in [0, 0.05) is 6.54 Å². The van der Waals surface area contributed by atoms with E-state index >= 15 is 0 Å². The first kappa shape index (κ1) is 12.4. The highest BCUT2D eigenvalue weighted by atomic mass is 16.5. The molecule has 0 radical (unpaired) electrons. The maximum atomic E-state index is 5.72. The number of hydrogen-bond donors (Lipinski definition) is 0. The highest BCUT2D eigenvalue weighted by molar-refractivity contribution is 5.20. The number of para-hydroxylation sites is 1. The van der Waals surface area contributed by atoms with Crippen molar-refractivity contribution in [2.24, 2.45) is 5.92 Å². The van der Waals surface area contributed by atoms with E-state index in [0.29, 0.717) is 0 Å². The van der Waals surface area contributed by atoms with E-state index in [4.69, 9.17) is 4.74 Å². The van der Waals surface area contributed by atoms with Gasteiger partial charge in [-0.2, -0.15) is 0 Å². The fourth-order valence-electron chi connectivity index (χ4n) is 2.43. The van der Waals surface area contributed by atoms with Gasteiger partial charge in [-0.05, 0) is 44.0 Å². The fraction of sp³-hybridized carbons (Fsp3) is 0.600. The first-order valence-corrected chi connectivity index (χ1v) is 6.78. The summed E-state index contributed by atoms with van der Waals surface area (Å²) in [5, 5.41) is 0. The standard InChI is InChI=1S/C15H23NO/c1-2-14-8-10-16(11-9-14)12-13-17-15-6-4-3-5-7-15/h3-7,14H,2,8-13H2,1H3. The van der Waals surface area contributed by atoms with Crippen LogP contribution in [0.5, 0.6) is 5.75 Å². The predicted octanol–water partition coefficient (Wildman–Crippen LogP) is 3.19. The number of piperidine rings is 1. The summed E-state index contributed by atoms with van der Waals surface area (Å²) in [5.41, 5.74) is 0. The summed E-state index contributed by atoms with van der Waals surface area (Å²) in [6.45, 7) is 6.66. The molecule has 1 saturated heterocycles. The predicted molar refractivity (Wildman–Crippen MR) is 71.4 cm³/mol. The molecule has 2 nitrogen and oxygen atoms in total. The van der Waals surface area contributed by atoms with Crippen LogP contribution in [0.3, 0.4) is 0 Å². The van der Waals surface area contributed by atoms with E-state index in [9.17, 15) is 0 Å². The van der Waals surface area contributed by atoms with Gasteiger partial charge in [0.2, 0.25) is 0 Å². The van der Waals surface area contributed by atoms with Gasteiger partial charge in [-0.15, -0.1) is 0 Å². The zero-order chi connectivity index (χ0) is 11.9. The zero-order valence-corrected chi connectivity index (χ0v) is 10.8. The SMILES string of the molecule is CCC1CCN(CCOc2ccccc2)CC1. The van der Waals surface area contributed by atoms with Gasteiger partial charge < -0.3 is 4.74 Å². The molecule has 0 aromatic heterocycles. The van der Waals surface area contributed by atoms with Crippen molar-refractivity contribution in [2.75, 3.05) is 26.2 Å². The van der Waals surface area contributed by atoms with Gasteiger partial charge in [-0.1, -0.05) is 31.5 Å². The molecule has 1 aliphatic rings. The van der Waals surface area contributed by atoms with Gasteiger partial charge in [0.1, 0.15) is 12.4 Å². The van der Waals surface area contributed by atoms with Crippen LogP contribution in [0.15, 0.2) is 30.3 Å². The minimum absolute atomic E-state index is 0.806. The molecule has 0 bridgehead atoms. The third kappa shape index (κ3) is 4.04. The molecule has 1 aliphatic heterocycles. The second-order valence-electron chi connectivity index (χ2n) is 4.85. The van der Waals surface area contributed by atoms with E-state index in [1.165, 1.54) is 32.4 Å². The number of hydrogen-bond acceptors (Lipinski definition) is 2. The quantitative estimate of drug-likeness (QED) is 0.774. The molecule has 0 unspecified atom stereocenters. The lowest BCUT2D eigenvalue weighted by atomic mass is 9.94. The lowest BCUT2D eigenvalue weighted by Gasteiger charge is -2.31. The van der Waals surface area contributed by atoms with Crippen LogP contribution < -0.4 is 4.74 Å². The largest absolute Gasteiger partial charge is 0.492 e. The van der Waals surface area contributed by atoms with Crippen molar-refractivity contribution < 1.29 is 4.74 Å². The van der Waals surface area contributed by atoms with Crippen molar-refractivity contribution in [3.05, 3.63) is 30.3 Å². The molecular formula is C15H23NO. The smallest absolute Gasteiger partial charge is 0.119 e. The van der Waals surface area contributed by atoms with Crippen LogP contribution in [0.25, 0.3) is 0 Å². The number of nitrogens with zero attached hydrogens (tertiary/aromatic N) is 1. The molecule has 0 aliphatic carbocycles. The summed E-state index contributed by atoms with van der Waals surface area (Å²) in [6.07, 6.45) is 4.07. The summed E-state index contributed by atoms with van der Waals surface area (Å²) in [4.78, 5) is 2.52. The van der Waals surface area contributed by atoms with E-state index in [-0.39, 0.29) is 0 Å². The van der Waals surface area contributed by atoms with Crippen LogP contribution in [0, 0.1) is 5.92 Å². The van der Waals surface area contributed by atoms with E-state index in [0.717, 1.165) is 24.8 Å². The monoisotopic (exact) mass is 233 g/mol. The van der Waals surface area contributed by atoms with Crippen molar-refractivity contribution in [2.45, 2.75) is 26.2 Å². The molecule has 94 valence electrons. The molecule has 0 N–H and O–H groups in total. The Balaban J connectivity index is 1.63. The van der Waals surface area contributed by atoms with Gasteiger partial charge >= 0.3 is 0 Å². The topological polar surface area (TPSA) is 12.5 Å². The van der Waals surface area contributed by atoms with Crippen molar-refractivity contribution in [3.63, 3.8) is 0 Å². The molecule has 0 atom stereocenters. The van der Waals surface area contributed by atoms with Crippen molar-refractivity contribution in [3.8, 4) is 5.75 Å². The number of ether oxygens (including phenoxy) is 1. The van der Waals surface area contributed by atoms with Gasteiger partial charge in [0.15, 0.2) is 0 Å². The van der Waals surface area contributed by atoms with Crippen LogP contribution in [0.2, 0.25) is 0 Å². The summed E-state index contributed by atoms with van der Waals surface area (Å²) >= 11 is 0. The Morgan fingerprint density at radius 3 is 2.53 bits per heavy atom. The van der Waals surface area contributed by atoms with Gasteiger partial charge in [-0.25, -0.2) is 0 Å². The van der Waals surface area contributed by atoms with Crippen LogP contribution in [-0.4, -0.2) is 31.1 Å². The van der Waals surface area contributed by atoms with E-state index in [1.54, 1.807) is 0 Å². The zero-order valence-electron chi connectivity index (χ0n) is 10.8. The van der Waals surface area contributed by atoms with Gasteiger partial charge in [0.25, 0.3) is 0 Å². The summed E-state index contributed by atoms with van der Waals surface area (Å²) in [7, 11) is 0. The minimum atomic E-state index is 0.806. The molecule has 0 amide bonds. The second kappa shape index (κ2) is 6.65. The number of rotatable bonds is 5. The Kier molecular flexibility index (Phi) is 4.87. The van der Waals surface area contributed by atoms with E-state index in [1.807, 2.05) is 30.3 Å². The third-order valence-corrected chi connectivity index (χ3v) is 3.70. The Morgan fingerprint density at radius 1 is 1.18 bits per heavy atom. The lowest BCUT2D eigenvalue weighted by Crippen LogP contribution is -2.36. The highest BCUT2D eigenvalue weighted by Gasteiger charge is 2.17. The van der Waals surface area contributed by atoms with Gasteiger partial charge in [0.05, 0.1) is 0 Å². The molecule has 1 fully saturated rings. The molecular weight excluding hydrogens is 210 g/mol. The van der Waals surface area contributed by atoms with E-state index in [2.05, 4.69) is 11.8 Å². The Bertz CT molecular complexity index is 304. The molecule has 1 heterocycles.